The van der Waals surface area contributed by atoms with Gasteiger partial charge in [0.1, 0.15) is 11.3 Å². The van der Waals surface area contributed by atoms with Gasteiger partial charge in [0.25, 0.3) is 0 Å². The van der Waals surface area contributed by atoms with Gasteiger partial charge in [0.2, 0.25) is 0 Å². The summed E-state index contributed by atoms with van der Waals surface area (Å²) in [6.45, 7) is 1.11. The van der Waals surface area contributed by atoms with E-state index in [9.17, 15) is 22.8 Å². The highest BCUT2D eigenvalue weighted by atomic mass is 32.1. The van der Waals surface area contributed by atoms with Gasteiger partial charge in [-0.2, -0.15) is 13.2 Å². The second-order valence-electron chi connectivity index (χ2n) is 7.32. The number of rotatable bonds is 8. The summed E-state index contributed by atoms with van der Waals surface area (Å²) < 4.78 is 42.6. The second-order valence-corrected chi connectivity index (χ2v) is 8.18. The van der Waals surface area contributed by atoms with E-state index in [0.29, 0.717) is 10.8 Å². The van der Waals surface area contributed by atoms with Gasteiger partial charge in [-0.3, -0.25) is 9.20 Å². The molecule has 0 aliphatic carbocycles. The number of ketones is 1. The number of hydrogen-bond donors (Lipinski definition) is 1. The number of alkyl halides is 3. The summed E-state index contributed by atoms with van der Waals surface area (Å²) in [5.41, 5.74) is 4.31. The average Bonchev–Trinajstić information content (AvgIpc) is 3.41. The third-order valence-corrected chi connectivity index (χ3v) is 5.62. The van der Waals surface area contributed by atoms with E-state index in [1.165, 1.54) is 23.5 Å². The fraction of sp³-hybridized carbons (Fsp3) is 0.217. The predicted octanol–water partition coefficient (Wildman–Crippen LogP) is 5.44. The van der Waals surface area contributed by atoms with Crippen molar-refractivity contribution in [1.29, 1.82) is 0 Å². The number of ether oxygens (including phenoxy) is 1. The average molecular weight is 488 g/mol. The molecule has 0 bridgehead atoms. The van der Waals surface area contributed by atoms with Crippen molar-refractivity contribution in [3.05, 3.63) is 65.3 Å². The number of nitrogens with zero attached hydrogens (tertiary/aromatic N) is 3. The van der Waals surface area contributed by atoms with Crippen LogP contribution in [0.5, 0.6) is 0 Å². The fourth-order valence-electron chi connectivity index (χ4n) is 3.33. The van der Waals surface area contributed by atoms with E-state index in [2.05, 4.69) is 22.0 Å². The number of esters is 1. The van der Waals surface area contributed by atoms with Crippen LogP contribution in [0.4, 0.5) is 24.0 Å². The van der Waals surface area contributed by atoms with Gasteiger partial charge in [0, 0.05) is 22.8 Å². The summed E-state index contributed by atoms with van der Waals surface area (Å²) in [5, 5.41) is 5.72. The molecule has 0 atom stereocenters. The maximum absolute atomic E-state index is 12.2. The molecule has 1 N–H and O–H groups in total. The van der Waals surface area contributed by atoms with E-state index in [-0.39, 0.29) is 5.56 Å². The van der Waals surface area contributed by atoms with Crippen molar-refractivity contribution in [2.24, 2.45) is 0 Å². The Morgan fingerprint density at radius 1 is 1.12 bits per heavy atom. The number of pyridine rings is 1. The van der Waals surface area contributed by atoms with Crippen molar-refractivity contribution in [3.63, 3.8) is 0 Å². The maximum Gasteiger partial charge on any atom is 0.490 e. The monoisotopic (exact) mass is 488 g/mol. The highest BCUT2D eigenvalue weighted by Crippen LogP contribution is 2.31. The first-order valence-electron chi connectivity index (χ1n) is 10.3. The van der Waals surface area contributed by atoms with Crippen molar-refractivity contribution in [2.75, 3.05) is 11.9 Å². The molecule has 0 saturated carbocycles. The Balaban J connectivity index is 1.46. The Morgan fingerprint density at radius 2 is 1.88 bits per heavy atom. The molecule has 1 aromatic carbocycles. The lowest BCUT2D eigenvalue weighted by molar-refractivity contribution is -0.198. The van der Waals surface area contributed by atoms with E-state index in [4.69, 9.17) is 4.98 Å². The van der Waals surface area contributed by atoms with Crippen LogP contribution in [0.25, 0.3) is 17.0 Å². The van der Waals surface area contributed by atoms with E-state index >= 15 is 0 Å². The summed E-state index contributed by atoms with van der Waals surface area (Å²) in [6.07, 6.45) is -1.41. The lowest BCUT2D eigenvalue weighted by atomic mass is 10.1. The van der Waals surface area contributed by atoms with Gasteiger partial charge < -0.3 is 10.1 Å². The molecule has 3 heterocycles. The van der Waals surface area contributed by atoms with Crippen LogP contribution >= 0.6 is 11.3 Å². The Hall–Kier alpha value is -3.73. The number of fused-ring (bicyclic) bond motifs is 1. The minimum Gasteiger partial charge on any atom is -0.451 e. The molecule has 0 fully saturated rings. The summed E-state index contributed by atoms with van der Waals surface area (Å²) in [5.74, 6) is -3.14. The van der Waals surface area contributed by atoms with Crippen molar-refractivity contribution in [2.45, 2.75) is 25.9 Å². The van der Waals surface area contributed by atoms with E-state index in [1.807, 2.05) is 34.2 Å². The number of nitrogens with one attached hydrogen (secondary N) is 1. The van der Waals surface area contributed by atoms with E-state index in [1.54, 1.807) is 12.1 Å². The normalized spacial score (nSPS) is 11.5. The van der Waals surface area contributed by atoms with Crippen LogP contribution < -0.4 is 5.32 Å². The summed E-state index contributed by atoms with van der Waals surface area (Å²) in [4.78, 5) is 32.1. The highest BCUT2D eigenvalue weighted by molar-refractivity contribution is 7.14. The minimum atomic E-state index is -5.14. The Bertz CT molecular complexity index is 1330. The smallest absolute Gasteiger partial charge is 0.451 e. The van der Waals surface area contributed by atoms with Gasteiger partial charge in [-0.25, -0.2) is 14.8 Å². The Kier molecular flexibility index (Phi) is 6.64. The van der Waals surface area contributed by atoms with Crippen LogP contribution in [-0.2, 0) is 16.0 Å². The molecule has 11 heteroatoms. The molecule has 3 aromatic heterocycles. The number of halogens is 3. The minimum absolute atomic E-state index is 0.121. The van der Waals surface area contributed by atoms with Crippen LogP contribution in [0.2, 0.25) is 0 Å². The molecule has 7 nitrogen and oxygen atoms in total. The molecular weight excluding hydrogens is 469 g/mol. The molecule has 0 saturated heterocycles. The maximum atomic E-state index is 12.2. The van der Waals surface area contributed by atoms with Crippen molar-refractivity contribution in [1.82, 2.24) is 14.4 Å². The molecule has 0 radical (unpaired) electrons. The number of anilines is 2. The number of thiazole rings is 1. The lowest BCUT2D eigenvalue weighted by Crippen LogP contribution is -2.27. The first-order valence-corrected chi connectivity index (χ1v) is 11.2. The van der Waals surface area contributed by atoms with Crippen LogP contribution in [0.15, 0.2) is 54.0 Å². The van der Waals surface area contributed by atoms with Gasteiger partial charge in [0.05, 0.1) is 11.4 Å². The Labute approximate surface area is 196 Å². The quantitative estimate of drug-likeness (QED) is 0.263. The molecule has 4 aromatic rings. The number of carbonyl (C=O) groups excluding carboxylic acids is 2. The van der Waals surface area contributed by atoms with E-state index < -0.39 is 24.5 Å². The highest BCUT2D eigenvalue weighted by Gasteiger charge is 2.41. The Morgan fingerprint density at radius 3 is 2.59 bits per heavy atom. The number of Topliss-reactive ketones (excluding diaryl/α,β-unsaturated/α-hetero) is 1. The van der Waals surface area contributed by atoms with Gasteiger partial charge in [-0.05, 0) is 42.8 Å². The summed E-state index contributed by atoms with van der Waals surface area (Å²) >= 11 is 1.41. The molecular formula is C23H19F3N4O3S. The van der Waals surface area contributed by atoms with Crippen LogP contribution in [0, 0.1) is 0 Å². The SMILES string of the molecule is CCCc1nc2ccccn2c1-c1csc(Nc2ccc(C(=O)COC(=O)C(F)(F)F)cc2)n1. The van der Waals surface area contributed by atoms with Crippen LogP contribution in [0.3, 0.4) is 0 Å². The third-order valence-electron chi connectivity index (χ3n) is 4.86. The fourth-order valence-corrected chi connectivity index (χ4v) is 4.04. The first-order chi connectivity index (χ1) is 16.3. The lowest BCUT2D eigenvalue weighted by Gasteiger charge is -2.07. The van der Waals surface area contributed by atoms with Gasteiger partial charge in [-0.1, -0.05) is 19.4 Å². The largest absolute Gasteiger partial charge is 0.490 e. The molecule has 0 unspecified atom stereocenters. The van der Waals surface area contributed by atoms with Crippen molar-refractivity contribution < 1.29 is 27.5 Å². The van der Waals surface area contributed by atoms with Gasteiger partial charge >= 0.3 is 12.1 Å². The standard InChI is InChI=1S/C23H19F3N4O3S/c1-2-5-16-20(30-11-4-3-6-19(30)28-16)17-13-34-22(29-17)27-15-9-7-14(8-10-15)18(31)12-33-21(32)23(24,25)26/h3-4,6-11,13H,2,5,12H2,1H3,(H,27,29). The van der Waals surface area contributed by atoms with Crippen LogP contribution in [-0.4, -0.2) is 38.9 Å². The molecule has 0 spiro atoms. The zero-order chi connectivity index (χ0) is 24.3. The number of aromatic nitrogens is 3. The zero-order valence-corrected chi connectivity index (χ0v) is 18.7. The molecule has 0 aliphatic heterocycles. The molecule has 34 heavy (non-hydrogen) atoms. The number of hydrogen-bond acceptors (Lipinski definition) is 7. The predicted molar refractivity (Wildman–Crippen MR) is 121 cm³/mol. The second kappa shape index (κ2) is 9.64. The molecule has 4 rings (SSSR count). The number of imidazole rings is 1. The topological polar surface area (TPSA) is 85.6 Å². The number of carbonyl (C=O) groups is 2. The third kappa shape index (κ3) is 5.09. The van der Waals surface area contributed by atoms with E-state index in [0.717, 1.165) is 35.6 Å². The van der Waals surface area contributed by atoms with Crippen molar-refractivity contribution >= 4 is 39.6 Å². The summed E-state index contributed by atoms with van der Waals surface area (Å²) in [6, 6.07) is 11.9. The molecule has 0 aliphatic rings. The molecule has 0 amide bonds. The van der Waals surface area contributed by atoms with Gasteiger partial charge in [0.15, 0.2) is 17.5 Å². The van der Waals surface area contributed by atoms with Gasteiger partial charge in [-0.15, -0.1) is 11.3 Å². The number of aryl methyl sites for hydroxylation is 1. The van der Waals surface area contributed by atoms with Crippen LogP contribution in [0.1, 0.15) is 29.4 Å². The summed E-state index contributed by atoms with van der Waals surface area (Å²) in [7, 11) is 0. The number of benzene rings is 1. The zero-order valence-electron chi connectivity index (χ0n) is 17.9. The molecule has 176 valence electrons. The van der Waals surface area contributed by atoms with Crippen molar-refractivity contribution in [3.8, 4) is 11.4 Å². The first kappa shape index (κ1) is 23.4.